The van der Waals surface area contributed by atoms with E-state index in [4.69, 9.17) is 0 Å². The van der Waals surface area contributed by atoms with Crippen molar-refractivity contribution >= 4 is 27.1 Å². The first kappa shape index (κ1) is 13.2. The fourth-order valence-electron chi connectivity index (χ4n) is 1.09. The molecular weight excluding hydrogens is 246 g/mol. The fraction of sp³-hybridized carbons (Fsp3) is 0.500. The van der Waals surface area contributed by atoms with Crippen LogP contribution in [0.3, 0.4) is 0 Å². The zero-order chi connectivity index (χ0) is 12.3. The molecule has 1 aromatic rings. The molecule has 1 atom stereocenters. The zero-order valence-corrected chi connectivity index (χ0v) is 11.1. The van der Waals surface area contributed by atoms with E-state index in [0.717, 1.165) is 16.7 Å². The van der Waals surface area contributed by atoms with Gasteiger partial charge in [0, 0.05) is 11.1 Å². The normalized spacial score (nSPS) is 13.4. The third-order valence-electron chi connectivity index (χ3n) is 2.40. The van der Waals surface area contributed by atoms with Crippen LogP contribution in [-0.4, -0.2) is 25.8 Å². The minimum atomic E-state index is -3.31. The Morgan fingerprint density at radius 1 is 1.56 bits per heavy atom. The maximum atomic E-state index is 11.5. The third-order valence-corrected chi connectivity index (χ3v) is 4.92. The summed E-state index contributed by atoms with van der Waals surface area (Å²) in [5.74, 6) is -0.449. The molecule has 0 aliphatic heterocycles. The van der Waals surface area contributed by atoms with Crippen molar-refractivity contribution in [2.24, 2.45) is 0 Å². The van der Waals surface area contributed by atoms with Gasteiger partial charge in [-0.2, -0.15) is 0 Å². The molecule has 0 bridgehead atoms. The van der Waals surface area contributed by atoms with Crippen molar-refractivity contribution in [1.29, 1.82) is 0 Å². The predicted molar refractivity (Wildman–Crippen MR) is 65.2 cm³/mol. The van der Waals surface area contributed by atoms with Crippen molar-refractivity contribution < 1.29 is 13.2 Å². The van der Waals surface area contributed by atoms with Crippen LogP contribution in [0.4, 0.5) is 0 Å². The molecule has 1 amide bonds. The molecule has 1 heterocycles. The maximum absolute atomic E-state index is 11.5. The van der Waals surface area contributed by atoms with Gasteiger partial charge >= 0.3 is 0 Å². The molecule has 0 saturated heterocycles. The molecule has 0 aliphatic rings. The van der Waals surface area contributed by atoms with Crippen molar-refractivity contribution in [2.75, 3.05) is 6.26 Å². The number of sulfone groups is 1. The highest BCUT2D eigenvalue weighted by Crippen LogP contribution is 2.14. The molecule has 1 N–H and O–H groups in total. The van der Waals surface area contributed by atoms with E-state index in [-0.39, 0.29) is 0 Å². The minimum Gasteiger partial charge on any atom is -0.350 e. The number of carbonyl (C=O) groups is 1. The summed E-state index contributed by atoms with van der Waals surface area (Å²) in [7, 11) is -3.31. The first-order chi connectivity index (χ1) is 7.32. The van der Waals surface area contributed by atoms with E-state index in [0.29, 0.717) is 6.54 Å². The number of carbonyl (C=O) groups excluding carboxylic acids is 1. The largest absolute Gasteiger partial charge is 0.350 e. The van der Waals surface area contributed by atoms with Gasteiger partial charge < -0.3 is 5.32 Å². The van der Waals surface area contributed by atoms with E-state index < -0.39 is 21.0 Å². The minimum absolute atomic E-state index is 0.391. The van der Waals surface area contributed by atoms with Crippen LogP contribution in [0.15, 0.2) is 11.4 Å². The summed E-state index contributed by atoms with van der Waals surface area (Å²) in [6.45, 7) is 3.74. The lowest BCUT2D eigenvalue weighted by atomic mass is 10.3. The van der Waals surface area contributed by atoms with Gasteiger partial charge in [0.25, 0.3) is 0 Å². The van der Waals surface area contributed by atoms with Crippen molar-refractivity contribution in [1.82, 2.24) is 5.32 Å². The van der Waals surface area contributed by atoms with Crippen LogP contribution >= 0.6 is 11.3 Å². The topological polar surface area (TPSA) is 63.2 Å². The van der Waals surface area contributed by atoms with Crippen molar-refractivity contribution in [3.8, 4) is 0 Å². The second-order valence-electron chi connectivity index (χ2n) is 3.72. The number of aryl methyl sites for hydroxylation is 1. The third kappa shape index (κ3) is 3.31. The first-order valence-corrected chi connectivity index (χ1v) is 7.65. The second kappa shape index (κ2) is 4.97. The Bertz CT molecular complexity index is 476. The van der Waals surface area contributed by atoms with E-state index >= 15 is 0 Å². The number of hydrogen-bond donors (Lipinski definition) is 1. The van der Waals surface area contributed by atoms with Crippen LogP contribution in [0.1, 0.15) is 17.4 Å². The molecule has 0 radical (unpaired) electrons. The molecule has 16 heavy (non-hydrogen) atoms. The lowest BCUT2D eigenvalue weighted by Crippen LogP contribution is -2.36. The molecular formula is C10H15NO3S2. The summed E-state index contributed by atoms with van der Waals surface area (Å²) >= 11 is 1.55. The molecule has 0 aromatic carbocycles. The lowest BCUT2D eigenvalue weighted by Gasteiger charge is -2.09. The number of hydrogen-bond acceptors (Lipinski definition) is 4. The van der Waals surface area contributed by atoms with Gasteiger partial charge in [-0.1, -0.05) is 0 Å². The van der Waals surface area contributed by atoms with Gasteiger partial charge in [0.05, 0.1) is 6.54 Å². The van der Waals surface area contributed by atoms with E-state index in [2.05, 4.69) is 5.32 Å². The highest BCUT2D eigenvalue weighted by Gasteiger charge is 2.23. The molecule has 0 aliphatic carbocycles. The molecule has 0 saturated carbocycles. The van der Waals surface area contributed by atoms with Gasteiger partial charge in [-0.15, -0.1) is 11.3 Å². The predicted octanol–water partition coefficient (Wildman–Crippen LogP) is 1.11. The van der Waals surface area contributed by atoms with Crippen LogP contribution in [-0.2, 0) is 21.2 Å². The Hall–Kier alpha value is -0.880. The van der Waals surface area contributed by atoms with Gasteiger partial charge in [-0.3, -0.25) is 4.79 Å². The van der Waals surface area contributed by atoms with Gasteiger partial charge in [-0.05, 0) is 30.9 Å². The van der Waals surface area contributed by atoms with Crippen LogP contribution in [0.5, 0.6) is 0 Å². The van der Waals surface area contributed by atoms with Crippen molar-refractivity contribution in [2.45, 2.75) is 25.6 Å². The summed E-state index contributed by atoms with van der Waals surface area (Å²) in [6.07, 6.45) is 1.06. The Labute approximate surface area is 99.6 Å². The SMILES string of the molecule is Cc1ccsc1CNC(=O)C(C)S(C)(=O)=O. The highest BCUT2D eigenvalue weighted by atomic mass is 32.2. The van der Waals surface area contributed by atoms with Gasteiger partial charge in [-0.25, -0.2) is 8.42 Å². The van der Waals surface area contributed by atoms with E-state index in [1.807, 2.05) is 18.4 Å². The Balaban J connectivity index is 2.58. The van der Waals surface area contributed by atoms with E-state index in [1.165, 1.54) is 6.92 Å². The molecule has 1 unspecified atom stereocenters. The van der Waals surface area contributed by atoms with Crippen LogP contribution < -0.4 is 5.32 Å². The number of amides is 1. The van der Waals surface area contributed by atoms with Crippen molar-refractivity contribution in [3.63, 3.8) is 0 Å². The van der Waals surface area contributed by atoms with Gasteiger partial charge in [0.15, 0.2) is 9.84 Å². The molecule has 6 heteroatoms. The average Bonchev–Trinajstić information content (AvgIpc) is 2.58. The van der Waals surface area contributed by atoms with Crippen LogP contribution in [0.2, 0.25) is 0 Å². The molecule has 0 spiro atoms. The number of nitrogens with one attached hydrogen (secondary N) is 1. The summed E-state index contributed by atoms with van der Waals surface area (Å²) in [4.78, 5) is 12.6. The standard InChI is InChI=1S/C10H15NO3S2/c1-7-4-5-15-9(7)6-11-10(12)8(2)16(3,13)14/h4-5,8H,6H2,1-3H3,(H,11,12). The summed E-state index contributed by atoms with van der Waals surface area (Å²) < 4.78 is 22.3. The molecule has 0 fully saturated rings. The summed E-state index contributed by atoms with van der Waals surface area (Å²) in [5, 5.41) is 3.57. The lowest BCUT2D eigenvalue weighted by molar-refractivity contribution is -0.120. The van der Waals surface area contributed by atoms with Crippen LogP contribution in [0, 0.1) is 6.92 Å². The quantitative estimate of drug-likeness (QED) is 0.883. The molecule has 1 rings (SSSR count). The Morgan fingerprint density at radius 3 is 2.62 bits per heavy atom. The Morgan fingerprint density at radius 2 is 2.19 bits per heavy atom. The van der Waals surface area contributed by atoms with Crippen molar-refractivity contribution in [3.05, 3.63) is 21.9 Å². The molecule has 1 aromatic heterocycles. The smallest absolute Gasteiger partial charge is 0.238 e. The van der Waals surface area contributed by atoms with E-state index in [1.54, 1.807) is 11.3 Å². The monoisotopic (exact) mass is 261 g/mol. The number of rotatable bonds is 4. The highest BCUT2D eigenvalue weighted by molar-refractivity contribution is 7.92. The molecule has 90 valence electrons. The summed E-state index contributed by atoms with van der Waals surface area (Å²) in [5.41, 5.74) is 1.11. The van der Waals surface area contributed by atoms with Gasteiger partial charge in [0.2, 0.25) is 5.91 Å². The Kier molecular flexibility index (Phi) is 4.09. The van der Waals surface area contributed by atoms with Crippen LogP contribution in [0.25, 0.3) is 0 Å². The average molecular weight is 261 g/mol. The first-order valence-electron chi connectivity index (χ1n) is 4.82. The second-order valence-corrected chi connectivity index (χ2v) is 7.08. The van der Waals surface area contributed by atoms with E-state index in [9.17, 15) is 13.2 Å². The maximum Gasteiger partial charge on any atom is 0.238 e. The fourth-order valence-corrected chi connectivity index (χ4v) is 2.41. The summed E-state index contributed by atoms with van der Waals surface area (Å²) in [6, 6.07) is 1.96. The van der Waals surface area contributed by atoms with Gasteiger partial charge in [0.1, 0.15) is 5.25 Å². The number of thiophene rings is 1. The zero-order valence-electron chi connectivity index (χ0n) is 9.48. The molecule has 4 nitrogen and oxygen atoms in total.